The van der Waals surface area contributed by atoms with Crippen LogP contribution in [0.1, 0.15) is 19.0 Å². The third-order valence-electron chi connectivity index (χ3n) is 3.90. The summed E-state index contributed by atoms with van der Waals surface area (Å²) in [6.07, 6.45) is 2.36. The van der Waals surface area contributed by atoms with Gasteiger partial charge in [-0.2, -0.15) is 5.26 Å². The van der Waals surface area contributed by atoms with Crippen molar-refractivity contribution >= 4 is 22.6 Å². The van der Waals surface area contributed by atoms with Crippen LogP contribution in [0.2, 0.25) is 0 Å². The summed E-state index contributed by atoms with van der Waals surface area (Å²) in [5, 5.41) is 10.3. The monoisotopic (exact) mass is 283 g/mol. The van der Waals surface area contributed by atoms with Crippen LogP contribution >= 0.6 is 0 Å². The van der Waals surface area contributed by atoms with Gasteiger partial charge in [-0.25, -0.2) is 4.98 Å². The minimum Gasteiger partial charge on any atom is -0.366 e. The Bertz CT molecular complexity index is 706. The first kappa shape index (κ1) is 13.4. The number of amides is 1. The lowest BCUT2D eigenvalue weighted by Gasteiger charge is -2.36. The zero-order valence-electron chi connectivity index (χ0n) is 12.0. The van der Waals surface area contributed by atoms with E-state index < -0.39 is 0 Å². The average molecular weight is 283 g/mol. The fourth-order valence-corrected chi connectivity index (χ4v) is 2.71. The largest absolute Gasteiger partial charge is 0.366 e. The molecule has 1 N–H and O–H groups in total. The van der Waals surface area contributed by atoms with Crippen LogP contribution in [0.15, 0.2) is 18.3 Å². The van der Waals surface area contributed by atoms with Gasteiger partial charge in [0.15, 0.2) is 5.69 Å². The lowest BCUT2D eigenvalue weighted by atomic mass is 10.2. The van der Waals surface area contributed by atoms with Gasteiger partial charge in [0.25, 0.3) is 0 Å². The standard InChI is InChI=1S/C15H17N5O/c1-2-14(21)20-7-5-19(6-8-20)13-9-11-3-4-17-15(11)18-12(13)10-16/h3-4,9H,2,5-8H2,1H3,(H,17,18). The van der Waals surface area contributed by atoms with Gasteiger partial charge < -0.3 is 14.8 Å². The van der Waals surface area contributed by atoms with Crippen molar-refractivity contribution in [3.8, 4) is 6.07 Å². The fourth-order valence-electron chi connectivity index (χ4n) is 2.71. The normalized spacial score (nSPS) is 15.2. The Morgan fingerprint density at radius 1 is 1.43 bits per heavy atom. The van der Waals surface area contributed by atoms with Crippen LogP contribution < -0.4 is 4.90 Å². The quantitative estimate of drug-likeness (QED) is 0.906. The molecular formula is C15H17N5O. The molecule has 0 aromatic carbocycles. The average Bonchev–Trinajstić information content (AvgIpc) is 3.00. The molecule has 1 aliphatic rings. The van der Waals surface area contributed by atoms with Gasteiger partial charge in [-0.05, 0) is 12.1 Å². The van der Waals surface area contributed by atoms with Crippen molar-refractivity contribution in [3.05, 3.63) is 24.0 Å². The molecule has 1 aliphatic heterocycles. The lowest BCUT2D eigenvalue weighted by Crippen LogP contribution is -2.48. The first-order valence-corrected chi connectivity index (χ1v) is 7.14. The summed E-state index contributed by atoms with van der Waals surface area (Å²) in [6.45, 7) is 4.74. The maximum atomic E-state index is 11.7. The molecule has 0 bridgehead atoms. The highest BCUT2D eigenvalue weighted by Gasteiger charge is 2.22. The molecule has 0 unspecified atom stereocenters. The Morgan fingerprint density at radius 2 is 2.19 bits per heavy atom. The van der Waals surface area contributed by atoms with E-state index in [0.29, 0.717) is 25.2 Å². The third-order valence-corrected chi connectivity index (χ3v) is 3.90. The zero-order chi connectivity index (χ0) is 14.8. The van der Waals surface area contributed by atoms with E-state index in [0.717, 1.165) is 29.8 Å². The van der Waals surface area contributed by atoms with Crippen molar-refractivity contribution in [1.82, 2.24) is 14.9 Å². The van der Waals surface area contributed by atoms with E-state index >= 15 is 0 Å². The van der Waals surface area contributed by atoms with E-state index in [1.165, 1.54) is 0 Å². The van der Waals surface area contributed by atoms with Crippen LogP contribution in [0.3, 0.4) is 0 Å². The number of aromatic amines is 1. The number of piperazine rings is 1. The molecule has 21 heavy (non-hydrogen) atoms. The summed E-state index contributed by atoms with van der Waals surface area (Å²) in [5.41, 5.74) is 2.02. The molecule has 0 spiro atoms. The van der Waals surface area contributed by atoms with E-state index in [9.17, 15) is 10.1 Å². The van der Waals surface area contributed by atoms with Crippen molar-refractivity contribution in [2.45, 2.75) is 13.3 Å². The summed E-state index contributed by atoms with van der Waals surface area (Å²) in [6, 6.07) is 6.11. The van der Waals surface area contributed by atoms with Crippen LogP contribution in [-0.2, 0) is 4.79 Å². The number of hydrogen-bond donors (Lipinski definition) is 1. The molecule has 108 valence electrons. The molecule has 0 radical (unpaired) electrons. The van der Waals surface area contributed by atoms with Crippen LogP contribution in [0.25, 0.3) is 11.0 Å². The van der Waals surface area contributed by atoms with Crippen molar-refractivity contribution in [2.24, 2.45) is 0 Å². The molecule has 1 saturated heterocycles. The summed E-state index contributed by atoms with van der Waals surface area (Å²) < 4.78 is 0. The second-order valence-corrected chi connectivity index (χ2v) is 5.10. The number of carbonyl (C=O) groups is 1. The molecule has 6 nitrogen and oxygen atoms in total. The van der Waals surface area contributed by atoms with Gasteiger partial charge in [0.05, 0.1) is 5.69 Å². The van der Waals surface area contributed by atoms with Crippen molar-refractivity contribution < 1.29 is 4.79 Å². The van der Waals surface area contributed by atoms with Crippen molar-refractivity contribution in [1.29, 1.82) is 5.26 Å². The summed E-state index contributed by atoms with van der Waals surface area (Å²) in [4.78, 5) is 23.1. The number of carbonyl (C=O) groups excluding carboxylic acids is 1. The number of hydrogen-bond acceptors (Lipinski definition) is 4. The number of nitrogens with zero attached hydrogens (tertiary/aromatic N) is 4. The summed E-state index contributed by atoms with van der Waals surface area (Å²) in [7, 11) is 0. The molecule has 0 saturated carbocycles. The highest BCUT2D eigenvalue weighted by atomic mass is 16.2. The minimum absolute atomic E-state index is 0.189. The van der Waals surface area contributed by atoms with Gasteiger partial charge in [-0.15, -0.1) is 0 Å². The predicted molar refractivity (Wildman–Crippen MR) is 79.9 cm³/mol. The summed E-state index contributed by atoms with van der Waals surface area (Å²) >= 11 is 0. The van der Waals surface area contributed by atoms with Crippen LogP contribution in [0, 0.1) is 11.3 Å². The van der Waals surface area contributed by atoms with Crippen LogP contribution in [0.5, 0.6) is 0 Å². The second-order valence-electron chi connectivity index (χ2n) is 5.10. The Hall–Kier alpha value is -2.55. The Kier molecular flexibility index (Phi) is 3.48. The van der Waals surface area contributed by atoms with E-state index in [-0.39, 0.29) is 5.91 Å². The Labute approximate surface area is 123 Å². The molecule has 0 atom stereocenters. The Morgan fingerprint density at radius 3 is 2.86 bits per heavy atom. The van der Waals surface area contributed by atoms with E-state index in [4.69, 9.17) is 0 Å². The van der Waals surface area contributed by atoms with Crippen LogP contribution in [-0.4, -0.2) is 47.0 Å². The smallest absolute Gasteiger partial charge is 0.222 e. The first-order chi connectivity index (χ1) is 10.2. The topological polar surface area (TPSA) is 76.0 Å². The molecule has 6 heteroatoms. The van der Waals surface area contributed by atoms with E-state index in [2.05, 4.69) is 20.9 Å². The van der Waals surface area contributed by atoms with Crippen LogP contribution in [0.4, 0.5) is 5.69 Å². The number of rotatable bonds is 2. The van der Waals surface area contributed by atoms with Gasteiger partial charge in [0.2, 0.25) is 5.91 Å². The number of pyridine rings is 1. The van der Waals surface area contributed by atoms with Gasteiger partial charge in [0.1, 0.15) is 11.7 Å². The van der Waals surface area contributed by atoms with Crippen molar-refractivity contribution in [2.75, 3.05) is 31.1 Å². The second kappa shape index (κ2) is 5.44. The SMILES string of the molecule is CCC(=O)N1CCN(c2cc3cc[nH]c3nc2C#N)CC1. The molecule has 3 heterocycles. The van der Waals surface area contributed by atoms with Gasteiger partial charge in [-0.1, -0.05) is 6.92 Å². The number of aromatic nitrogens is 2. The predicted octanol–water partition coefficient (Wildman–Crippen LogP) is 1.49. The first-order valence-electron chi connectivity index (χ1n) is 7.14. The highest BCUT2D eigenvalue weighted by molar-refractivity contribution is 5.82. The van der Waals surface area contributed by atoms with Crippen molar-refractivity contribution in [3.63, 3.8) is 0 Å². The fraction of sp³-hybridized carbons (Fsp3) is 0.400. The molecule has 1 amide bonds. The number of anilines is 1. The minimum atomic E-state index is 0.189. The maximum absolute atomic E-state index is 11.7. The number of nitriles is 1. The Balaban J connectivity index is 1.85. The van der Waals surface area contributed by atoms with Gasteiger partial charge in [0, 0.05) is 44.2 Å². The molecule has 2 aromatic rings. The maximum Gasteiger partial charge on any atom is 0.222 e. The molecule has 0 aliphatic carbocycles. The number of H-pyrrole nitrogens is 1. The van der Waals surface area contributed by atoms with E-state index in [1.807, 2.05) is 30.2 Å². The third kappa shape index (κ3) is 2.42. The van der Waals surface area contributed by atoms with Gasteiger partial charge >= 0.3 is 0 Å². The lowest BCUT2D eigenvalue weighted by molar-refractivity contribution is -0.131. The molecule has 1 fully saturated rings. The van der Waals surface area contributed by atoms with Gasteiger partial charge in [-0.3, -0.25) is 4.79 Å². The molecule has 3 rings (SSSR count). The number of nitrogens with one attached hydrogen (secondary N) is 1. The summed E-state index contributed by atoms with van der Waals surface area (Å²) in [5.74, 6) is 0.189. The molecular weight excluding hydrogens is 266 g/mol. The number of fused-ring (bicyclic) bond motifs is 1. The molecule has 2 aromatic heterocycles. The highest BCUT2D eigenvalue weighted by Crippen LogP contribution is 2.24. The zero-order valence-corrected chi connectivity index (χ0v) is 12.0. The van der Waals surface area contributed by atoms with E-state index in [1.54, 1.807) is 0 Å².